The number of nitriles is 1. The molecule has 0 spiro atoms. The van der Waals surface area contributed by atoms with E-state index in [9.17, 15) is 10.1 Å². The predicted molar refractivity (Wildman–Crippen MR) is 85.8 cm³/mol. The Morgan fingerprint density at radius 2 is 2.05 bits per heavy atom. The van der Waals surface area contributed by atoms with Crippen LogP contribution >= 0.6 is 11.8 Å². The van der Waals surface area contributed by atoms with Crippen LogP contribution in [0.25, 0.3) is 0 Å². The van der Waals surface area contributed by atoms with Gasteiger partial charge in [-0.05, 0) is 17.7 Å². The van der Waals surface area contributed by atoms with Crippen LogP contribution in [0.3, 0.4) is 0 Å². The fraction of sp³-hybridized carbons (Fsp3) is 0.235. The predicted octanol–water partition coefficient (Wildman–Crippen LogP) is 2.79. The molecule has 3 rings (SSSR count). The highest BCUT2D eigenvalue weighted by atomic mass is 32.2. The van der Waals surface area contributed by atoms with E-state index < -0.39 is 0 Å². The first-order valence-corrected chi connectivity index (χ1v) is 8.10. The highest BCUT2D eigenvalue weighted by molar-refractivity contribution is 8.01. The molecule has 5 heteroatoms. The van der Waals surface area contributed by atoms with Crippen LogP contribution < -0.4 is 0 Å². The van der Waals surface area contributed by atoms with Gasteiger partial charge in [0.2, 0.25) is 5.91 Å². The molecule has 1 fully saturated rings. The van der Waals surface area contributed by atoms with Crippen molar-refractivity contribution in [3.63, 3.8) is 0 Å². The van der Waals surface area contributed by atoms with Gasteiger partial charge in [0.1, 0.15) is 5.92 Å². The van der Waals surface area contributed by atoms with E-state index in [-0.39, 0.29) is 17.2 Å². The average Bonchev–Trinajstić information content (AvgIpc) is 2.92. The second-order valence-electron chi connectivity index (χ2n) is 5.06. The fourth-order valence-electron chi connectivity index (χ4n) is 2.56. The van der Waals surface area contributed by atoms with Gasteiger partial charge in [-0.15, -0.1) is 11.8 Å². The van der Waals surface area contributed by atoms with E-state index in [2.05, 4.69) is 11.1 Å². The lowest BCUT2D eigenvalue weighted by atomic mass is 9.99. The minimum Gasteiger partial charge on any atom is -0.322 e. The van der Waals surface area contributed by atoms with Crippen LogP contribution in [0.15, 0.2) is 54.7 Å². The van der Waals surface area contributed by atoms with Crippen molar-refractivity contribution < 1.29 is 4.79 Å². The molecule has 0 radical (unpaired) electrons. The second kappa shape index (κ2) is 6.63. The maximum absolute atomic E-state index is 12.2. The van der Waals surface area contributed by atoms with Gasteiger partial charge in [0.25, 0.3) is 0 Å². The molecule has 2 atom stereocenters. The maximum Gasteiger partial charge on any atom is 0.233 e. The lowest BCUT2D eigenvalue weighted by Crippen LogP contribution is -2.35. The number of hydrogen-bond donors (Lipinski definition) is 0. The van der Waals surface area contributed by atoms with E-state index in [1.165, 1.54) is 11.8 Å². The van der Waals surface area contributed by atoms with E-state index >= 15 is 0 Å². The van der Waals surface area contributed by atoms with Crippen LogP contribution in [-0.4, -0.2) is 26.9 Å². The van der Waals surface area contributed by atoms with E-state index in [1.807, 2.05) is 48.5 Å². The minimum atomic E-state index is -0.332. The van der Waals surface area contributed by atoms with Crippen LogP contribution in [0.4, 0.5) is 0 Å². The van der Waals surface area contributed by atoms with Gasteiger partial charge in [-0.25, -0.2) is 0 Å². The molecule has 1 aromatic carbocycles. The van der Waals surface area contributed by atoms with Crippen molar-refractivity contribution in [2.24, 2.45) is 0 Å². The molecule has 2 aromatic rings. The Kier molecular flexibility index (Phi) is 4.40. The fourth-order valence-corrected chi connectivity index (χ4v) is 3.82. The lowest BCUT2D eigenvalue weighted by molar-refractivity contribution is -0.128. The molecule has 2 unspecified atom stereocenters. The summed E-state index contributed by atoms with van der Waals surface area (Å²) in [5, 5.41) is 9.43. The molecule has 0 saturated carbocycles. The van der Waals surface area contributed by atoms with Gasteiger partial charge in [-0.2, -0.15) is 5.26 Å². The third kappa shape index (κ3) is 2.97. The third-order valence-corrected chi connectivity index (χ3v) is 4.93. The summed E-state index contributed by atoms with van der Waals surface area (Å²) < 4.78 is 0. The SMILES string of the molecule is N#CC(c1ccccc1)C1SCC(=O)N1Cc1ccccn1. The minimum absolute atomic E-state index is 0.0665. The van der Waals surface area contributed by atoms with E-state index in [0.717, 1.165) is 11.3 Å². The van der Waals surface area contributed by atoms with Crippen molar-refractivity contribution in [2.45, 2.75) is 17.8 Å². The highest BCUT2D eigenvalue weighted by Crippen LogP contribution is 2.36. The molecule has 0 bridgehead atoms. The zero-order valence-corrected chi connectivity index (χ0v) is 12.7. The van der Waals surface area contributed by atoms with Gasteiger partial charge in [-0.3, -0.25) is 9.78 Å². The maximum atomic E-state index is 12.2. The van der Waals surface area contributed by atoms with Crippen molar-refractivity contribution in [2.75, 3.05) is 5.75 Å². The highest BCUT2D eigenvalue weighted by Gasteiger charge is 2.38. The van der Waals surface area contributed by atoms with Crippen molar-refractivity contribution in [1.29, 1.82) is 5.26 Å². The van der Waals surface area contributed by atoms with Gasteiger partial charge < -0.3 is 4.90 Å². The summed E-state index contributed by atoms with van der Waals surface area (Å²) in [6.07, 6.45) is 1.72. The first-order valence-electron chi connectivity index (χ1n) is 7.05. The Morgan fingerprint density at radius 3 is 2.73 bits per heavy atom. The Labute approximate surface area is 133 Å². The van der Waals surface area contributed by atoms with Crippen LogP contribution in [0, 0.1) is 11.3 Å². The Morgan fingerprint density at radius 1 is 1.27 bits per heavy atom. The Balaban J connectivity index is 1.85. The molecule has 0 N–H and O–H groups in total. The summed E-state index contributed by atoms with van der Waals surface area (Å²) in [5.74, 6) is 0.154. The van der Waals surface area contributed by atoms with Gasteiger partial charge in [0.15, 0.2) is 0 Å². The molecule has 110 valence electrons. The second-order valence-corrected chi connectivity index (χ2v) is 6.17. The quantitative estimate of drug-likeness (QED) is 0.871. The summed E-state index contributed by atoms with van der Waals surface area (Å²) >= 11 is 1.53. The summed E-state index contributed by atoms with van der Waals surface area (Å²) in [5.41, 5.74) is 1.79. The molecular formula is C17H15N3OS. The van der Waals surface area contributed by atoms with Gasteiger partial charge in [-0.1, -0.05) is 36.4 Å². The zero-order chi connectivity index (χ0) is 15.4. The molecule has 2 heterocycles. The first kappa shape index (κ1) is 14.6. The van der Waals surface area contributed by atoms with Crippen molar-refractivity contribution in [1.82, 2.24) is 9.88 Å². The number of pyridine rings is 1. The van der Waals surface area contributed by atoms with Crippen LogP contribution in [-0.2, 0) is 11.3 Å². The summed E-state index contributed by atoms with van der Waals surface area (Å²) in [4.78, 5) is 18.3. The number of carbonyl (C=O) groups excluding carboxylic acids is 1. The molecule has 1 saturated heterocycles. The van der Waals surface area contributed by atoms with Crippen LogP contribution in [0.2, 0.25) is 0 Å². The smallest absolute Gasteiger partial charge is 0.233 e. The van der Waals surface area contributed by atoms with Gasteiger partial charge >= 0.3 is 0 Å². The number of aromatic nitrogens is 1. The van der Waals surface area contributed by atoms with Crippen LogP contribution in [0.5, 0.6) is 0 Å². The van der Waals surface area contributed by atoms with Gasteiger partial charge in [0.05, 0.1) is 29.4 Å². The Bertz CT molecular complexity index is 684. The van der Waals surface area contributed by atoms with E-state index in [0.29, 0.717) is 12.3 Å². The number of nitrogens with zero attached hydrogens (tertiary/aromatic N) is 3. The largest absolute Gasteiger partial charge is 0.322 e. The van der Waals surface area contributed by atoms with Crippen LogP contribution in [0.1, 0.15) is 17.2 Å². The van der Waals surface area contributed by atoms with Crippen molar-refractivity contribution in [3.05, 3.63) is 66.0 Å². The zero-order valence-electron chi connectivity index (χ0n) is 11.9. The lowest BCUT2D eigenvalue weighted by Gasteiger charge is -2.27. The number of benzene rings is 1. The molecule has 22 heavy (non-hydrogen) atoms. The van der Waals surface area contributed by atoms with Gasteiger partial charge in [0, 0.05) is 6.20 Å². The number of rotatable bonds is 4. The standard InChI is InChI=1S/C17H15N3OS/c18-10-15(13-6-2-1-3-7-13)17-20(16(21)12-22-17)11-14-8-4-5-9-19-14/h1-9,15,17H,11-12H2. The summed E-state index contributed by atoms with van der Waals surface area (Å²) in [6, 6.07) is 17.7. The average molecular weight is 309 g/mol. The monoisotopic (exact) mass is 309 g/mol. The van der Waals surface area contributed by atoms with E-state index in [1.54, 1.807) is 11.1 Å². The molecule has 0 aliphatic carbocycles. The molecule has 4 nitrogen and oxygen atoms in total. The number of thioether (sulfide) groups is 1. The Hall–Kier alpha value is -2.32. The number of amides is 1. The molecule has 1 aliphatic heterocycles. The van der Waals surface area contributed by atoms with E-state index in [4.69, 9.17) is 0 Å². The molecular weight excluding hydrogens is 294 g/mol. The van der Waals surface area contributed by atoms with Crippen molar-refractivity contribution >= 4 is 17.7 Å². The molecule has 1 aliphatic rings. The number of hydrogen-bond acceptors (Lipinski definition) is 4. The molecule has 1 amide bonds. The number of carbonyl (C=O) groups is 1. The molecule has 1 aromatic heterocycles. The topological polar surface area (TPSA) is 57.0 Å². The summed E-state index contributed by atoms with van der Waals surface area (Å²) in [6.45, 7) is 0.447. The first-order chi connectivity index (χ1) is 10.8. The summed E-state index contributed by atoms with van der Waals surface area (Å²) in [7, 11) is 0. The normalized spacial score (nSPS) is 19.0. The van der Waals surface area contributed by atoms with Crippen molar-refractivity contribution in [3.8, 4) is 6.07 Å². The third-order valence-electron chi connectivity index (χ3n) is 3.65.